The molecule has 0 saturated carbocycles. The second-order valence-corrected chi connectivity index (χ2v) is 12.0. The van der Waals surface area contributed by atoms with E-state index < -0.39 is 0 Å². The molecule has 5 aliphatic rings. The van der Waals surface area contributed by atoms with Gasteiger partial charge in [-0.3, -0.25) is 0 Å². The highest BCUT2D eigenvalue weighted by Gasteiger charge is 2.30. The summed E-state index contributed by atoms with van der Waals surface area (Å²) >= 11 is 0. The highest BCUT2D eigenvalue weighted by Crippen LogP contribution is 2.40. The topological polar surface area (TPSA) is 69.7 Å². The maximum Gasteiger partial charge on any atom is 0.167 e. The molecule has 4 aromatic carbocycles. The summed E-state index contributed by atoms with van der Waals surface area (Å²) < 4.78 is 0. The zero-order valence-electron chi connectivity index (χ0n) is 26.3. The van der Waals surface area contributed by atoms with Gasteiger partial charge >= 0.3 is 0 Å². The molecule has 0 atom stereocenters. The SMILES string of the molecule is OC1=C2C=C(c3ccccc3)C(=N2)C(c2ccccc2)=C2C=CC(=N2)C(c2ccccc2)=C2C=CC(=N2)C(c2ccccc2)=C2C=CC1=N2. The van der Waals surface area contributed by atoms with Gasteiger partial charge < -0.3 is 5.11 Å². The lowest BCUT2D eigenvalue weighted by Crippen LogP contribution is -2.06. The van der Waals surface area contributed by atoms with Gasteiger partial charge in [0.1, 0.15) is 11.4 Å². The van der Waals surface area contributed by atoms with E-state index in [0.717, 1.165) is 73.1 Å². The molecule has 1 N–H and O–H groups in total. The first kappa shape index (κ1) is 28.5. The largest absolute Gasteiger partial charge is 0.504 e. The molecular formula is C44H28N4O. The molecule has 5 aliphatic heterocycles. The summed E-state index contributed by atoms with van der Waals surface area (Å²) in [6, 6.07) is 40.8. The van der Waals surface area contributed by atoms with E-state index in [-0.39, 0.29) is 5.76 Å². The Balaban J connectivity index is 1.38. The van der Waals surface area contributed by atoms with Gasteiger partial charge in [0.05, 0.1) is 34.2 Å². The predicted molar refractivity (Wildman–Crippen MR) is 201 cm³/mol. The molecule has 0 aromatic heterocycles. The molecule has 0 radical (unpaired) electrons. The number of aliphatic imine (C=N–C) groups is 4. The van der Waals surface area contributed by atoms with E-state index in [4.69, 9.17) is 20.0 Å². The molecule has 5 heterocycles. The van der Waals surface area contributed by atoms with Crippen molar-refractivity contribution >= 4 is 45.1 Å². The van der Waals surface area contributed by atoms with Crippen LogP contribution in [0.25, 0.3) is 22.3 Å². The van der Waals surface area contributed by atoms with E-state index in [0.29, 0.717) is 17.1 Å². The molecule has 230 valence electrons. The monoisotopic (exact) mass is 628 g/mol. The Kier molecular flexibility index (Phi) is 6.87. The van der Waals surface area contributed by atoms with E-state index >= 15 is 0 Å². The maximum atomic E-state index is 11.8. The van der Waals surface area contributed by atoms with Gasteiger partial charge in [-0.1, -0.05) is 121 Å². The van der Waals surface area contributed by atoms with Crippen molar-refractivity contribution in [2.45, 2.75) is 0 Å². The molecule has 0 fully saturated rings. The number of hydrogen-bond donors (Lipinski definition) is 1. The number of aliphatic hydroxyl groups excluding tert-OH is 1. The minimum Gasteiger partial charge on any atom is -0.504 e. The lowest BCUT2D eigenvalue weighted by molar-refractivity contribution is 0.439. The van der Waals surface area contributed by atoms with Crippen molar-refractivity contribution in [3.05, 3.63) is 215 Å². The van der Waals surface area contributed by atoms with Gasteiger partial charge in [0, 0.05) is 22.3 Å². The number of rotatable bonds is 4. The maximum absolute atomic E-state index is 11.8. The summed E-state index contributed by atoms with van der Waals surface area (Å²) in [6.45, 7) is 0. The Bertz CT molecular complexity index is 2430. The number of fused-ring (bicyclic) bond motifs is 4. The second-order valence-electron chi connectivity index (χ2n) is 12.0. The number of aliphatic hydroxyl groups is 1. The van der Waals surface area contributed by atoms with E-state index in [1.54, 1.807) is 0 Å². The van der Waals surface area contributed by atoms with E-state index in [2.05, 4.69) is 66.8 Å². The highest BCUT2D eigenvalue weighted by atomic mass is 16.3. The number of hydrogen-bond acceptors (Lipinski definition) is 5. The molecular weight excluding hydrogens is 601 g/mol. The molecule has 9 rings (SSSR count). The standard InChI is InChI=1S/C44H28N4O/c49-44-38-26-25-36(47-38)41(30-17-9-3-10-18-30)34-22-21-33(45-34)40(29-15-7-2-8-16-29)35-23-24-37(46-35)42(31-19-11-4-12-20-31)43-32(27-39(44)48-43)28-13-5-1-6-14-28/h1-27,49H. The van der Waals surface area contributed by atoms with Crippen LogP contribution >= 0.6 is 0 Å². The van der Waals surface area contributed by atoms with Crippen molar-refractivity contribution in [1.29, 1.82) is 0 Å². The van der Waals surface area contributed by atoms with Crippen LogP contribution in [0.1, 0.15) is 22.3 Å². The average Bonchev–Trinajstić information content (AvgIpc) is 3.99. The van der Waals surface area contributed by atoms with Gasteiger partial charge in [0.15, 0.2) is 5.76 Å². The Hall–Kier alpha value is -6.72. The lowest BCUT2D eigenvalue weighted by Gasteiger charge is -2.14. The van der Waals surface area contributed by atoms with Gasteiger partial charge in [0.2, 0.25) is 0 Å². The third-order valence-electron chi connectivity index (χ3n) is 8.96. The first-order chi connectivity index (χ1) is 24.2. The summed E-state index contributed by atoms with van der Waals surface area (Å²) in [6.07, 6.45) is 14.0. The molecule has 5 heteroatoms. The van der Waals surface area contributed by atoms with Gasteiger partial charge in [-0.25, -0.2) is 20.0 Å². The minimum absolute atomic E-state index is 0.00797. The molecule has 0 saturated heterocycles. The zero-order chi connectivity index (χ0) is 32.7. The fourth-order valence-electron chi connectivity index (χ4n) is 6.69. The molecule has 0 aliphatic carbocycles. The second kappa shape index (κ2) is 11.8. The van der Waals surface area contributed by atoms with Crippen LogP contribution in [0, 0.1) is 0 Å². The van der Waals surface area contributed by atoms with Crippen LogP contribution < -0.4 is 0 Å². The highest BCUT2D eigenvalue weighted by molar-refractivity contribution is 6.48. The molecule has 0 amide bonds. The van der Waals surface area contributed by atoms with Crippen molar-refractivity contribution < 1.29 is 5.11 Å². The molecule has 4 aromatic rings. The van der Waals surface area contributed by atoms with Crippen LogP contribution in [0.5, 0.6) is 0 Å². The van der Waals surface area contributed by atoms with Crippen LogP contribution in [0.4, 0.5) is 0 Å². The minimum atomic E-state index is 0.00797. The van der Waals surface area contributed by atoms with Crippen molar-refractivity contribution in [3.8, 4) is 0 Å². The Labute approximate surface area is 284 Å². The summed E-state index contributed by atoms with van der Waals surface area (Å²) in [5.74, 6) is 0.00797. The third kappa shape index (κ3) is 5.05. The number of nitrogens with zero attached hydrogens (tertiary/aromatic N) is 4. The Morgan fingerprint density at radius 1 is 0.347 bits per heavy atom. The smallest absolute Gasteiger partial charge is 0.167 e. The molecule has 8 bridgehead atoms. The number of allylic oxidation sites excluding steroid dienone is 11. The molecule has 0 spiro atoms. The third-order valence-corrected chi connectivity index (χ3v) is 8.96. The van der Waals surface area contributed by atoms with E-state index in [9.17, 15) is 5.11 Å². The van der Waals surface area contributed by atoms with Gasteiger partial charge in [0.25, 0.3) is 0 Å². The first-order valence-corrected chi connectivity index (χ1v) is 16.2. The molecule has 5 nitrogen and oxygen atoms in total. The summed E-state index contributed by atoms with van der Waals surface area (Å²) in [5.41, 5.74) is 13.1. The Morgan fingerprint density at radius 2 is 0.735 bits per heavy atom. The van der Waals surface area contributed by atoms with Crippen molar-refractivity contribution in [2.24, 2.45) is 20.0 Å². The lowest BCUT2D eigenvalue weighted by atomic mass is 9.91. The summed E-state index contributed by atoms with van der Waals surface area (Å²) in [4.78, 5) is 20.7. The zero-order valence-corrected chi connectivity index (χ0v) is 26.3. The fraction of sp³-hybridized carbons (Fsp3) is 0. The fourth-order valence-corrected chi connectivity index (χ4v) is 6.69. The van der Waals surface area contributed by atoms with Crippen molar-refractivity contribution in [3.63, 3.8) is 0 Å². The van der Waals surface area contributed by atoms with E-state index in [1.807, 2.05) is 97.1 Å². The van der Waals surface area contributed by atoms with Crippen LogP contribution in [0.15, 0.2) is 212 Å². The summed E-state index contributed by atoms with van der Waals surface area (Å²) in [5, 5.41) is 11.8. The number of benzene rings is 4. The van der Waals surface area contributed by atoms with Crippen molar-refractivity contribution in [2.75, 3.05) is 0 Å². The Morgan fingerprint density at radius 3 is 1.22 bits per heavy atom. The van der Waals surface area contributed by atoms with Crippen LogP contribution in [-0.2, 0) is 0 Å². The first-order valence-electron chi connectivity index (χ1n) is 16.2. The molecule has 49 heavy (non-hydrogen) atoms. The molecule has 0 unspecified atom stereocenters. The van der Waals surface area contributed by atoms with Gasteiger partial charge in [-0.15, -0.1) is 0 Å². The predicted octanol–water partition coefficient (Wildman–Crippen LogP) is 9.57. The van der Waals surface area contributed by atoms with Gasteiger partial charge in [-0.05, 0) is 64.8 Å². The van der Waals surface area contributed by atoms with E-state index in [1.165, 1.54) is 0 Å². The van der Waals surface area contributed by atoms with Crippen molar-refractivity contribution in [1.82, 2.24) is 0 Å². The average molecular weight is 629 g/mol. The van der Waals surface area contributed by atoms with Crippen LogP contribution in [0.3, 0.4) is 0 Å². The van der Waals surface area contributed by atoms with Gasteiger partial charge in [-0.2, -0.15) is 0 Å². The van der Waals surface area contributed by atoms with Crippen LogP contribution in [0.2, 0.25) is 0 Å². The normalized spacial score (nSPS) is 17.9. The quantitative estimate of drug-likeness (QED) is 0.240. The van der Waals surface area contributed by atoms with Crippen LogP contribution in [-0.4, -0.2) is 28.0 Å². The summed E-state index contributed by atoms with van der Waals surface area (Å²) in [7, 11) is 0.